The maximum Gasteiger partial charge on any atom is 0.246 e. The second kappa shape index (κ2) is 9.73. The molecule has 1 aliphatic heterocycles. The minimum atomic E-state index is -0.372. The van der Waals surface area contributed by atoms with Crippen LogP contribution in [0.15, 0.2) is 72.8 Å². The van der Waals surface area contributed by atoms with Crippen molar-refractivity contribution in [1.29, 1.82) is 0 Å². The Morgan fingerprint density at radius 2 is 1.65 bits per heavy atom. The number of aryl methyl sites for hydroxylation is 1. The van der Waals surface area contributed by atoms with Gasteiger partial charge in [-0.2, -0.15) is 0 Å². The summed E-state index contributed by atoms with van der Waals surface area (Å²) < 4.78 is 0. The van der Waals surface area contributed by atoms with E-state index in [0.717, 1.165) is 48.0 Å². The molecule has 0 aliphatic carbocycles. The van der Waals surface area contributed by atoms with Crippen molar-refractivity contribution in [3.8, 4) is 0 Å². The van der Waals surface area contributed by atoms with Crippen molar-refractivity contribution in [1.82, 2.24) is 4.90 Å². The molecule has 4 rings (SSSR count). The number of halogens is 2. The molecule has 1 aliphatic rings. The van der Waals surface area contributed by atoms with Crippen LogP contribution in [0.1, 0.15) is 17.2 Å². The van der Waals surface area contributed by atoms with Gasteiger partial charge >= 0.3 is 0 Å². The van der Waals surface area contributed by atoms with E-state index < -0.39 is 0 Å². The Kier molecular flexibility index (Phi) is 6.81. The van der Waals surface area contributed by atoms with Crippen LogP contribution in [0.25, 0.3) is 0 Å². The Bertz CT molecular complexity index is 1050. The van der Waals surface area contributed by atoms with E-state index in [1.807, 2.05) is 67.6 Å². The van der Waals surface area contributed by atoms with Crippen molar-refractivity contribution >= 4 is 40.5 Å². The van der Waals surface area contributed by atoms with Gasteiger partial charge in [0.05, 0.1) is 0 Å². The third kappa shape index (κ3) is 5.21. The molecule has 1 fully saturated rings. The SMILES string of the molecule is Cc1ccc(NC(=O)[C@@H](c2ccccc2)N2CCN(c3cccc(Cl)c3)CC2)cc1Cl. The molecule has 1 atom stereocenters. The number of hydrogen-bond acceptors (Lipinski definition) is 3. The number of nitrogens with zero attached hydrogens (tertiary/aromatic N) is 2. The van der Waals surface area contributed by atoms with Gasteiger partial charge in [-0.25, -0.2) is 0 Å². The molecule has 160 valence electrons. The van der Waals surface area contributed by atoms with Gasteiger partial charge in [0.1, 0.15) is 6.04 Å². The van der Waals surface area contributed by atoms with Crippen LogP contribution in [0.5, 0.6) is 0 Å². The van der Waals surface area contributed by atoms with Gasteiger partial charge in [-0.05, 0) is 48.4 Å². The summed E-state index contributed by atoms with van der Waals surface area (Å²) in [5.74, 6) is -0.0534. The van der Waals surface area contributed by atoms with Gasteiger partial charge in [0, 0.05) is 47.6 Å². The molecular weight excluding hydrogens is 429 g/mol. The van der Waals surface area contributed by atoms with E-state index in [0.29, 0.717) is 10.7 Å². The molecule has 0 radical (unpaired) electrons. The van der Waals surface area contributed by atoms with E-state index in [9.17, 15) is 4.79 Å². The summed E-state index contributed by atoms with van der Waals surface area (Å²) in [4.78, 5) is 17.9. The van der Waals surface area contributed by atoms with Crippen LogP contribution in [0.4, 0.5) is 11.4 Å². The number of benzene rings is 3. The largest absolute Gasteiger partial charge is 0.369 e. The highest BCUT2D eigenvalue weighted by Crippen LogP contribution is 2.28. The molecule has 0 saturated carbocycles. The number of anilines is 2. The standard InChI is InChI=1S/C25H25Cl2N3O/c1-18-10-11-21(17-23(18)27)28-25(31)24(19-6-3-2-4-7-19)30-14-12-29(13-15-30)22-9-5-8-20(26)16-22/h2-11,16-17,24H,12-15H2,1H3,(H,28,31)/t24-/m1/s1. The normalized spacial score (nSPS) is 15.5. The summed E-state index contributed by atoms with van der Waals surface area (Å²) in [6.45, 7) is 5.14. The Morgan fingerprint density at radius 3 is 2.32 bits per heavy atom. The minimum Gasteiger partial charge on any atom is -0.369 e. The zero-order chi connectivity index (χ0) is 21.8. The molecule has 1 heterocycles. The minimum absolute atomic E-state index is 0.0534. The third-order valence-corrected chi connectivity index (χ3v) is 6.30. The number of piperazine rings is 1. The van der Waals surface area contributed by atoms with Crippen LogP contribution in [0.2, 0.25) is 10.0 Å². The van der Waals surface area contributed by atoms with Crippen molar-refractivity contribution in [2.24, 2.45) is 0 Å². The summed E-state index contributed by atoms with van der Waals surface area (Å²) in [5, 5.41) is 4.44. The zero-order valence-electron chi connectivity index (χ0n) is 17.4. The molecule has 0 spiro atoms. The van der Waals surface area contributed by atoms with Crippen LogP contribution in [0, 0.1) is 6.92 Å². The monoisotopic (exact) mass is 453 g/mol. The molecule has 0 bridgehead atoms. The number of rotatable bonds is 5. The van der Waals surface area contributed by atoms with Gasteiger partial charge in [0.2, 0.25) is 5.91 Å². The van der Waals surface area contributed by atoms with Crippen LogP contribution >= 0.6 is 23.2 Å². The molecular formula is C25H25Cl2N3O. The van der Waals surface area contributed by atoms with Crippen molar-refractivity contribution in [2.75, 3.05) is 36.4 Å². The molecule has 6 heteroatoms. The van der Waals surface area contributed by atoms with Crippen molar-refractivity contribution < 1.29 is 4.79 Å². The summed E-state index contributed by atoms with van der Waals surface area (Å²) in [6.07, 6.45) is 0. The maximum absolute atomic E-state index is 13.4. The van der Waals surface area contributed by atoms with Crippen LogP contribution < -0.4 is 10.2 Å². The van der Waals surface area contributed by atoms with E-state index in [1.54, 1.807) is 6.07 Å². The van der Waals surface area contributed by atoms with E-state index >= 15 is 0 Å². The summed E-state index contributed by atoms with van der Waals surface area (Å²) >= 11 is 12.4. The molecule has 4 nitrogen and oxygen atoms in total. The average molecular weight is 454 g/mol. The quantitative estimate of drug-likeness (QED) is 0.529. The summed E-state index contributed by atoms with van der Waals surface area (Å²) in [5.41, 5.74) is 3.78. The molecule has 3 aromatic rings. The Morgan fingerprint density at radius 1 is 0.903 bits per heavy atom. The second-order valence-electron chi connectivity index (χ2n) is 7.77. The lowest BCUT2D eigenvalue weighted by atomic mass is 10.0. The van der Waals surface area contributed by atoms with E-state index in [-0.39, 0.29) is 11.9 Å². The first kappa shape index (κ1) is 21.7. The Balaban J connectivity index is 1.52. The van der Waals surface area contributed by atoms with Gasteiger partial charge in [0.25, 0.3) is 0 Å². The fourth-order valence-corrected chi connectivity index (χ4v) is 4.32. The Labute approximate surface area is 193 Å². The number of amides is 1. The molecule has 0 aromatic heterocycles. The lowest BCUT2D eigenvalue weighted by molar-refractivity contribution is -0.121. The highest BCUT2D eigenvalue weighted by molar-refractivity contribution is 6.31. The highest BCUT2D eigenvalue weighted by atomic mass is 35.5. The fourth-order valence-electron chi connectivity index (χ4n) is 3.96. The van der Waals surface area contributed by atoms with E-state index in [4.69, 9.17) is 23.2 Å². The Hall–Kier alpha value is -2.53. The van der Waals surface area contributed by atoms with Crippen molar-refractivity contribution in [3.63, 3.8) is 0 Å². The van der Waals surface area contributed by atoms with Crippen LogP contribution in [-0.2, 0) is 4.79 Å². The van der Waals surface area contributed by atoms with E-state index in [2.05, 4.69) is 21.2 Å². The number of carbonyl (C=O) groups is 1. The molecule has 1 saturated heterocycles. The van der Waals surface area contributed by atoms with Gasteiger partial charge in [-0.15, -0.1) is 0 Å². The lowest BCUT2D eigenvalue weighted by Gasteiger charge is -2.39. The summed E-state index contributed by atoms with van der Waals surface area (Å²) in [7, 11) is 0. The number of hydrogen-bond donors (Lipinski definition) is 1. The predicted molar refractivity (Wildman–Crippen MR) is 129 cm³/mol. The van der Waals surface area contributed by atoms with Crippen LogP contribution in [-0.4, -0.2) is 37.0 Å². The first-order valence-electron chi connectivity index (χ1n) is 10.4. The van der Waals surface area contributed by atoms with Crippen molar-refractivity contribution in [2.45, 2.75) is 13.0 Å². The van der Waals surface area contributed by atoms with Gasteiger partial charge in [-0.3, -0.25) is 9.69 Å². The first-order valence-corrected chi connectivity index (χ1v) is 11.1. The predicted octanol–water partition coefficient (Wildman–Crippen LogP) is 5.80. The fraction of sp³-hybridized carbons (Fsp3) is 0.240. The molecule has 3 aromatic carbocycles. The number of carbonyl (C=O) groups excluding carboxylic acids is 1. The smallest absolute Gasteiger partial charge is 0.246 e. The van der Waals surface area contributed by atoms with E-state index in [1.165, 1.54) is 0 Å². The maximum atomic E-state index is 13.4. The number of nitrogens with one attached hydrogen (secondary N) is 1. The highest BCUT2D eigenvalue weighted by Gasteiger charge is 2.30. The second-order valence-corrected chi connectivity index (χ2v) is 8.61. The molecule has 31 heavy (non-hydrogen) atoms. The first-order chi connectivity index (χ1) is 15.0. The molecule has 1 N–H and O–H groups in total. The molecule has 1 amide bonds. The lowest BCUT2D eigenvalue weighted by Crippen LogP contribution is -2.50. The summed E-state index contributed by atoms with van der Waals surface area (Å²) in [6, 6.07) is 23.1. The van der Waals surface area contributed by atoms with Gasteiger partial charge in [-0.1, -0.05) is 65.7 Å². The topological polar surface area (TPSA) is 35.6 Å². The zero-order valence-corrected chi connectivity index (χ0v) is 18.9. The average Bonchev–Trinajstić information content (AvgIpc) is 2.78. The van der Waals surface area contributed by atoms with Gasteiger partial charge in [0.15, 0.2) is 0 Å². The third-order valence-electron chi connectivity index (χ3n) is 5.66. The van der Waals surface area contributed by atoms with Crippen molar-refractivity contribution in [3.05, 3.63) is 94.0 Å². The molecule has 0 unspecified atom stereocenters. The van der Waals surface area contributed by atoms with Crippen LogP contribution in [0.3, 0.4) is 0 Å². The van der Waals surface area contributed by atoms with Gasteiger partial charge < -0.3 is 10.2 Å².